The highest BCUT2D eigenvalue weighted by Gasteiger charge is 2.25. The van der Waals surface area contributed by atoms with Crippen molar-refractivity contribution < 1.29 is 14.7 Å². The highest BCUT2D eigenvalue weighted by molar-refractivity contribution is 6.12. The van der Waals surface area contributed by atoms with E-state index >= 15 is 0 Å². The van der Waals surface area contributed by atoms with Crippen molar-refractivity contribution >= 4 is 11.7 Å². The molecule has 0 bridgehead atoms. The molecule has 28 heavy (non-hydrogen) atoms. The SMILES string of the molecule is CCOC(=O)C1CCN(Cc2ccc(/C(=N/O)c3cccc(C)c3)cc2)CC1. The first-order chi connectivity index (χ1) is 13.6. The van der Waals surface area contributed by atoms with Gasteiger partial charge in [0.2, 0.25) is 0 Å². The smallest absolute Gasteiger partial charge is 0.309 e. The summed E-state index contributed by atoms with van der Waals surface area (Å²) in [5.41, 5.74) is 4.70. The van der Waals surface area contributed by atoms with Gasteiger partial charge >= 0.3 is 5.97 Å². The molecular formula is C23H28N2O3. The number of ether oxygens (including phenoxy) is 1. The number of hydrogen-bond acceptors (Lipinski definition) is 5. The molecule has 0 spiro atoms. The number of likely N-dealkylation sites (tertiary alicyclic amines) is 1. The minimum absolute atomic E-state index is 0.0382. The molecule has 2 aromatic carbocycles. The number of rotatable bonds is 6. The average Bonchev–Trinajstić information content (AvgIpc) is 2.71. The van der Waals surface area contributed by atoms with Crippen LogP contribution in [0.15, 0.2) is 53.7 Å². The Kier molecular flexibility index (Phi) is 6.82. The number of nitrogens with zero attached hydrogens (tertiary/aromatic N) is 2. The van der Waals surface area contributed by atoms with Crippen molar-refractivity contribution in [1.82, 2.24) is 4.90 Å². The van der Waals surface area contributed by atoms with Crippen molar-refractivity contribution in [3.63, 3.8) is 0 Å². The van der Waals surface area contributed by atoms with Gasteiger partial charge in [-0.15, -0.1) is 0 Å². The van der Waals surface area contributed by atoms with Crippen molar-refractivity contribution in [2.24, 2.45) is 11.1 Å². The van der Waals surface area contributed by atoms with Gasteiger partial charge in [0, 0.05) is 17.7 Å². The number of piperidine rings is 1. The van der Waals surface area contributed by atoms with Crippen LogP contribution < -0.4 is 0 Å². The number of esters is 1. The predicted octanol–water partition coefficient (Wildman–Crippen LogP) is 4.00. The van der Waals surface area contributed by atoms with E-state index in [9.17, 15) is 10.0 Å². The Hall–Kier alpha value is -2.66. The molecule has 0 saturated carbocycles. The summed E-state index contributed by atoms with van der Waals surface area (Å²) in [4.78, 5) is 14.2. The third-order valence-electron chi connectivity index (χ3n) is 5.23. The van der Waals surface area contributed by atoms with Crippen LogP contribution in [0.2, 0.25) is 0 Å². The number of carbonyl (C=O) groups excluding carboxylic acids is 1. The van der Waals surface area contributed by atoms with E-state index in [1.54, 1.807) is 0 Å². The zero-order valence-electron chi connectivity index (χ0n) is 16.6. The summed E-state index contributed by atoms with van der Waals surface area (Å²) < 4.78 is 5.14. The minimum atomic E-state index is -0.0570. The van der Waals surface area contributed by atoms with Gasteiger partial charge in [0.1, 0.15) is 5.71 Å². The first-order valence-corrected chi connectivity index (χ1v) is 9.88. The van der Waals surface area contributed by atoms with Crippen LogP contribution in [-0.2, 0) is 16.1 Å². The fourth-order valence-electron chi connectivity index (χ4n) is 3.69. The maximum Gasteiger partial charge on any atom is 0.309 e. The number of benzene rings is 2. The summed E-state index contributed by atoms with van der Waals surface area (Å²) in [5, 5.41) is 13.0. The van der Waals surface area contributed by atoms with Gasteiger partial charge in [-0.25, -0.2) is 0 Å². The van der Waals surface area contributed by atoms with Crippen molar-refractivity contribution in [2.45, 2.75) is 33.2 Å². The standard InChI is InChI=1S/C23H28N2O3/c1-3-28-23(26)20-11-13-25(14-12-20)16-18-7-9-19(10-8-18)22(24-27)21-6-4-5-17(2)15-21/h4-10,15,20,27H,3,11-14,16H2,1-2H3/b24-22-. The lowest BCUT2D eigenvalue weighted by Crippen LogP contribution is -2.36. The normalized spacial score (nSPS) is 16.1. The van der Waals surface area contributed by atoms with E-state index in [2.05, 4.69) is 22.2 Å². The number of hydrogen-bond donors (Lipinski definition) is 1. The molecule has 1 aliphatic rings. The molecule has 0 radical (unpaired) electrons. The molecule has 3 rings (SSSR count). The second kappa shape index (κ2) is 9.51. The molecule has 1 saturated heterocycles. The van der Waals surface area contributed by atoms with Crippen LogP contribution in [0.25, 0.3) is 0 Å². The van der Waals surface area contributed by atoms with E-state index in [1.807, 2.05) is 50.2 Å². The van der Waals surface area contributed by atoms with Gasteiger partial charge in [-0.05, 0) is 51.4 Å². The fourth-order valence-corrected chi connectivity index (χ4v) is 3.69. The average molecular weight is 380 g/mol. The van der Waals surface area contributed by atoms with Gasteiger partial charge in [-0.2, -0.15) is 0 Å². The summed E-state index contributed by atoms with van der Waals surface area (Å²) in [6.45, 7) is 6.98. The lowest BCUT2D eigenvalue weighted by molar-refractivity contribution is -0.149. The summed E-state index contributed by atoms with van der Waals surface area (Å²) in [5.74, 6) is -0.0188. The lowest BCUT2D eigenvalue weighted by Gasteiger charge is -2.30. The van der Waals surface area contributed by atoms with Gasteiger partial charge in [0.25, 0.3) is 0 Å². The van der Waals surface area contributed by atoms with Crippen molar-refractivity contribution in [1.29, 1.82) is 0 Å². The second-order valence-electron chi connectivity index (χ2n) is 7.32. The van der Waals surface area contributed by atoms with E-state index in [4.69, 9.17) is 4.74 Å². The summed E-state index contributed by atoms with van der Waals surface area (Å²) in [6.07, 6.45) is 1.71. The summed E-state index contributed by atoms with van der Waals surface area (Å²) >= 11 is 0. The number of aryl methyl sites for hydroxylation is 1. The van der Waals surface area contributed by atoms with Crippen molar-refractivity contribution in [2.75, 3.05) is 19.7 Å². The Morgan fingerprint density at radius 1 is 1.14 bits per heavy atom. The van der Waals surface area contributed by atoms with Crippen molar-refractivity contribution in [3.05, 3.63) is 70.8 Å². The first-order valence-electron chi connectivity index (χ1n) is 9.88. The van der Waals surface area contributed by atoms with Gasteiger partial charge in [-0.3, -0.25) is 9.69 Å². The van der Waals surface area contributed by atoms with Crippen LogP contribution in [0, 0.1) is 12.8 Å². The predicted molar refractivity (Wildman–Crippen MR) is 110 cm³/mol. The van der Waals surface area contributed by atoms with Crippen LogP contribution in [0.3, 0.4) is 0 Å². The number of carbonyl (C=O) groups is 1. The zero-order valence-corrected chi connectivity index (χ0v) is 16.6. The zero-order chi connectivity index (χ0) is 19.9. The Balaban J connectivity index is 1.60. The van der Waals surface area contributed by atoms with E-state index in [0.29, 0.717) is 12.3 Å². The molecule has 5 nitrogen and oxygen atoms in total. The van der Waals surface area contributed by atoms with E-state index < -0.39 is 0 Å². The van der Waals surface area contributed by atoms with E-state index in [0.717, 1.165) is 49.2 Å². The summed E-state index contributed by atoms with van der Waals surface area (Å²) in [7, 11) is 0. The van der Waals surface area contributed by atoms with Gasteiger partial charge in [0.05, 0.1) is 12.5 Å². The first kappa shape index (κ1) is 20.1. The highest BCUT2D eigenvalue weighted by atomic mass is 16.5. The molecule has 0 aromatic heterocycles. The monoisotopic (exact) mass is 380 g/mol. The Bertz CT molecular complexity index is 822. The molecule has 0 atom stereocenters. The van der Waals surface area contributed by atoms with E-state index in [1.165, 1.54) is 5.56 Å². The molecular weight excluding hydrogens is 352 g/mol. The molecule has 0 aliphatic carbocycles. The fraction of sp³-hybridized carbons (Fsp3) is 0.391. The highest BCUT2D eigenvalue weighted by Crippen LogP contribution is 2.21. The molecule has 148 valence electrons. The lowest BCUT2D eigenvalue weighted by atomic mass is 9.96. The van der Waals surface area contributed by atoms with Crippen LogP contribution >= 0.6 is 0 Å². The molecule has 1 heterocycles. The van der Waals surface area contributed by atoms with Crippen LogP contribution in [0.5, 0.6) is 0 Å². The van der Waals surface area contributed by atoms with Gasteiger partial charge in [-0.1, -0.05) is 53.2 Å². The molecule has 5 heteroatoms. The molecule has 1 N–H and O–H groups in total. The molecule has 1 aliphatic heterocycles. The minimum Gasteiger partial charge on any atom is -0.466 e. The van der Waals surface area contributed by atoms with Crippen LogP contribution in [-0.4, -0.2) is 41.5 Å². The van der Waals surface area contributed by atoms with Crippen LogP contribution in [0.1, 0.15) is 42.0 Å². The van der Waals surface area contributed by atoms with E-state index in [-0.39, 0.29) is 11.9 Å². The largest absolute Gasteiger partial charge is 0.466 e. The Labute approximate surface area is 166 Å². The molecule has 1 fully saturated rings. The van der Waals surface area contributed by atoms with Gasteiger partial charge < -0.3 is 9.94 Å². The topological polar surface area (TPSA) is 62.1 Å². The maximum atomic E-state index is 11.9. The third-order valence-corrected chi connectivity index (χ3v) is 5.23. The van der Waals surface area contributed by atoms with Gasteiger partial charge in [0.15, 0.2) is 0 Å². The quantitative estimate of drug-likeness (QED) is 0.356. The van der Waals surface area contributed by atoms with Crippen LogP contribution in [0.4, 0.5) is 0 Å². The molecule has 2 aromatic rings. The molecule has 0 unspecified atom stereocenters. The maximum absolute atomic E-state index is 11.9. The van der Waals surface area contributed by atoms with Crippen molar-refractivity contribution in [3.8, 4) is 0 Å². The third kappa shape index (κ3) is 4.98. The Morgan fingerprint density at radius 2 is 1.86 bits per heavy atom. The summed E-state index contributed by atoms with van der Waals surface area (Å²) in [6, 6.07) is 16.1. The second-order valence-corrected chi connectivity index (χ2v) is 7.32. The number of oxime groups is 1. The molecule has 0 amide bonds. The Morgan fingerprint density at radius 3 is 2.46 bits per heavy atom.